The zero-order chi connectivity index (χ0) is 23.9. The van der Waals surface area contributed by atoms with Gasteiger partial charge in [-0.25, -0.2) is 0 Å². The molecule has 33 heavy (non-hydrogen) atoms. The highest BCUT2D eigenvalue weighted by molar-refractivity contribution is 6.30. The number of ether oxygens (including phenoxy) is 1. The second-order valence-corrected chi connectivity index (χ2v) is 8.97. The molecule has 0 radical (unpaired) electrons. The number of nitrogens with zero attached hydrogens (tertiary/aromatic N) is 1. The van der Waals surface area contributed by atoms with Crippen LogP contribution in [-0.2, 0) is 4.74 Å². The lowest BCUT2D eigenvalue weighted by Crippen LogP contribution is -2.32. The van der Waals surface area contributed by atoms with E-state index in [1.54, 1.807) is 6.08 Å². The topological polar surface area (TPSA) is 12.5 Å². The summed E-state index contributed by atoms with van der Waals surface area (Å²) in [4.78, 5) is 2.52. The fourth-order valence-corrected chi connectivity index (χ4v) is 4.03. The molecule has 4 heteroatoms. The van der Waals surface area contributed by atoms with Crippen molar-refractivity contribution in [3.63, 3.8) is 0 Å². The monoisotopic (exact) mass is 485 g/mol. The van der Waals surface area contributed by atoms with Gasteiger partial charge in [-0.15, -0.1) is 11.6 Å². The summed E-state index contributed by atoms with van der Waals surface area (Å²) in [6.07, 6.45) is 9.87. The number of hydrogen-bond donors (Lipinski definition) is 0. The van der Waals surface area contributed by atoms with Crippen LogP contribution < -0.4 is 0 Å². The van der Waals surface area contributed by atoms with Crippen LogP contribution in [0.5, 0.6) is 0 Å². The maximum Gasteiger partial charge on any atom is 0.108 e. The van der Waals surface area contributed by atoms with E-state index in [9.17, 15) is 0 Å². The number of halogens is 2. The fourth-order valence-electron chi connectivity index (χ4n) is 3.82. The first-order valence-electron chi connectivity index (χ1n) is 11.8. The largest absolute Gasteiger partial charge is 0.367 e. The summed E-state index contributed by atoms with van der Waals surface area (Å²) >= 11 is 12.0. The Morgan fingerprint density at radius 2 is 1.79 bits per heavy atom. The molecule has 2 unspecified atom stereocenters. The van der Waals surface area contributed by atoms with E-state index in [2.05, 4.69) is 55.7 Å². The van der Waals surface area contributed by atoms with Gasteiger partial charge in [0.25, 0.3) is 0 Å². The Bertz CT molecular complexity index is 861. The van der Waals surface area contributed by atoms with Crippen LogP contribution in [0, 0.1) is 0 Å². The van der Waals surface area contributed by atoms with Gasteiger partial charge in [0.05, 0.1) is 6.61 Å². The molecule has 0 spiro atoms. The zero-order valence-electron chi connectivity index (χ0n) is 19.9. The van der Waals surface area contributed by atoms with Crippen LogP contribution in [-0.4, -0.2) is 37.0 Å². The highest BCUT2D eigenvalue weighted by atomic mass is 35.5. The van der Waals surface area contributed by atoms with Crippen LogP contribution in [0.2, 0.25) is 5.02 Å². The molecule has 0 saturated heterocycles. The molecular weight excluding hydrogens is 449 g/mol. The van der Waals surface area contributed by atoms with E-state index in [0.717, 1.165) is 30.8 Å². The summed E-state index contributed by atoms with van der Waals surface area (Å²) in [7, 11) is 0. The maximum atomic E-state index is 6.48. The average Bonchev–Trinajstić information content (AvgIpc) is 2.84. The number of alkyl halides is 1. The summed E-state index contributed by atoms with van der Waals surface area (Å²) in [5.74, 6) is 0.919. The molecule has 0 bridgehead atoms. The van der Waals surface area contributed by atoms with Crippen LogP contribution in [0.3, 0.4) is 0 Å². The van der Waals surface area contributed by atoms with Gasteiger partial charge in [0, 0.05) is 24.0 Å². The predicted octanol–water partition coefficient (Wildman–Crippen LogP) is 8.21. The van der Waals surface area contributed by atoms with Gasteiger partial charge < -0.3 is 9.64 Å². The van der Waals surface area contributed by atoms with Crippen LogP contribution in [0.15, 0.2) is 91.1 Å². The number of rotatable bonds is 15. The molecule has 0 aromatic heterocycles. The summed E-state index contributed by atoms with van der Waals surface area (Å²) in [5.41, 5.74) is 3.46. The number of benzene rings is 2. The van der Waals surface area contributed by atoms with Crippen molar-refractivity contribution >= 4 is 23.2 Å². The van der Waals surface area contributed by atoms with Crippen molar-refractivity contribution in [2.24, 2.45) is 0 Å². The molecule has 2 nitrogen and oxygen atoms in total. The van der Waals surface area contributed by atoms with E-state index in [4.69, 9.17) is 27.9 Å². The van der Waals surface area contributed by atoms with E-state index in [1.165, 1.54) is 18.4 Å². The Kier molecular flexibility index (Phi) is 13.2. The Morgan fingerprint density at radius 3 is 2.42 bits per heavy atom. The molecule has 2 aromatic carbocycles. The molecule has 0 aliphatic heterocycles. The van der Waals surface area contributed by atoms with Crippen molar-refractivity contribution in [1.82, 2.24) is 4.90 Å². The molecule has 2 rings (SSSR count). The van der Waals surface area contributed by atoms with Crippen LogP contribution in [0.1, 0.15) is 49.8 Å². The molecule has 2 aromatic rings. The molecular formula is C29H37Cl2NO. The van der Waals surface area contributed by atoms with Crippen LogP contribution in [0.25, 0.3) is 0 Å². The van der Waals surface area contributed by atoms with Crippen LogP contribution >= 0.6 is 23.2 Å². The number of allylic oxidation sites excluding steroid dienone is 3. The van der Waals surface area contributed by atoms with E-state index in [-0.39, 0.29) is 6.10 Å². The summed E-state index contributed by atoms with van der Waals surface area (Å²) < 4.78 is 6.48. The Hall–Kier alpha value is -1.84. The standard InChI is InChI=1S/C29H37Cl2NO/c1-4-6-20-32(23-24(3)25-12-8-7-9-13-25)21-22-33-29(26(11-5-2)14-10-19-30)27-15-17-28(31)18-16-27/h5,7-18,24,29H,2,4,6,19-23H2,1,3H3/b14-10-,26-11+. The number of hydrogen-bond acceptors (Lipinski definition) is 2. The second-order valence-electron chi connectivity index (χ2n) is 8.23. The Morgan fingerprint density at radius 1 is 1.06 bits per heavy atom. The van der Waals surface area contributed by atoms with E-state index in [0.29, 0.717) is 23.4 Å². The van der Waals surface area contributed by atoms with Gasteiger partial charge in [0.15, 0.2) is 0 Å². The molecule has 0 fully saturated rings. The molecule has 2 atom stereocenters. The number of unbranched alkanes of at least 4 members (excludes halogenated alkanes) is 1. The molecule has 0 amide bonds. The Balaban J connectivity index is 2.12. The average molecular weight is 487 g/mol. The SMILES string of the molecule is C=C/C=C(\C=C/CCl)C(OCCN(CCCC)CC(C)c1ccccc1)c1ccc(Cl)cc1. The first-order chi connectivity index (χ1) is 16.1. The lowest BCUT2D eigenvalue weighted by molar-refractivity contribution is 0.0580. The van der Waals surface area contributed by atoms with Gasteiger partial charge in [-0.2, -0.15) is 0 Å². The zero-order valence-corrected chi connectivity index (χ0v) is 21.4. The Labute approximate surface area is 210 Å². The lowest BCUT2D eigenvalue weighted by atomic mass is 10.00. The molecule has 0 N–H and O–H groups in total. The summed E-state index contributed by atoms with van der Waals surface area (Å²) in [6, 6.07) is 18.6. The quantitative estimate of drug-likeness (QED) is 0.186. The first kappa shape index (κ1) is 27.4. The van der Waals surface area contributed by atoms with Gasteiger partial charge in [-0.05, 0) is 47.7 Å². The second kappa shape index (κ2) is 15.9. The molecule has 178 valence electrons. The van der Waals surface area contributed by atoms with Gasteiger partial charge in [-0.1, -0.05) is 105 Å². The highest BCUT2D eigenvalue weighted by Gasteiger charge is 2.17. The van der Waals surface area contributed by atoms with E-state index >= 15 is 0 Å². The third-order valence-electron chi connectivity index (χ3n) is 5.61. The molecule has 0 aliphatic rings. The summed E-state index contributed by atoms with van der Waals surface area (Å²) in [6.45, 7) is 12.0. The molecule has 0 heterocycles. The maximum absolute atomic E-state index is 6.48. The molecule has 0 saturated carbocycles. The van der Waals surface area contributed by atoms with E-state index in [1.807, 2.05) is 42.5 Å². The fraction of sp³-hybridized carbons (Fsp3) is 0.379. The minimum Gasteiger partial charge on any atom is -0.367 e. The third kappa shape index (κ3) is 9.90. The van der Waals surface area contributed by atoms with Crippen molar-refractivity contribution in [2.45, 2.75) is 38.7 Å². The molecule has 0 aliphatic carbocycles. The van der Waals surface area contributed by atoms with Crippen molar-refractivity contribution in [1.29, 1.82) is 0 Å². The minimum atomic E-state index is -0.209. The van der Waals surface area contributed by atoms with E-state index < -0.39 is 0 Å². The van der Waals surface area contributed by atoms with Crippen molar-refractivity contribution in [2.75, 3.05) is 32.1 Å². The first-order valence-corrected chi connectivity index (χ1v) is 12.7. The smallest absolute Gasteiger partial charge is 0.108 e. The summed E-state index contributed by atoms with van der Waals surface area (Å²) in [5, 5.41) is 0.712. The van der Waals surface area contributed by atoms with Crippen molar-refractivity contribution in [3.05, 3.63) is 107 Å². The predicted molar refractivity (Wildman–Crippen MR) is 144 cm³/mol. The van der Waals surface area contributed by atoms with Gasteiger partial charge in [0.1, 0.15) is 6.10 Å². The third-order valence-corrected chi connectivity index (χ3v) is 6.04. The lowest BCUT2D eigenvalue weighted by Gasteiger charge is -2.27. The van der Waals surface area contributed by atoms with Gasteiger partial charge >= 0.3 is 0 Å². The normalized spacial score (nSPS) is 14.0. The highest BCUT2D eigenvalue weighted by Crippen LogP contribution is 2.28. The minimum absolute atomic E-state index is 0.209. The van der Waals surface area contributed by atoms with Crippen molar-refractivity contribution in [3.8, 4) is 0 Å². The van der Waals surface area contributed by atoms with Crippen LogP contribution in [0.4, 0.5) is 0 Å². The van der Waals surface area contributed by atoms with Gasteiger partial charge in [0.2, 0.25) is 0 Å². The van der Waals surface area contributed by atoms with Crippen molar-refractivity contribution < 1.29 is 4.74 Å². The van der Waals surface area contributed by atoms with Gasteiger partial charge in [-0.3, -0.25) is 0 Å².